The van der Waals surface area contributed by atoms with Crippen molar-refractivity contribution in [2.24, 2.45) is 0 Å². The van der Waals surface area contributed by atoms with Gasteiger partial charge in [0.2, 0.25) is 11.1 Å². The molecule has 1 N–H and O–H groups in total. The summed E-state index contributed by atoms with van der Waals surface area (Å²) in [6.07, 6.45) is 0.968. The number of anilines is 1. The van der Waals surface area contributed by atoms with Crippen LogP contribution in [0.15, 0.2) is 40.0 Å². The highest BCUT2D eigenvalue weighted by molar-refractivity contribution is 8.00. The van der Waals surface area contributed by atoms with E-state index in [-0.39, 0.29) is 5.91 Å². The van der Waals surface area contributed by atoms with Gasteiger partial charge in [-0.25, -0.2) is 0 Å². The molecule has 2 aromatic heterocycles. The summed E-state index contributed by atoms with van der Waals surface area (Å²) in [5.41, 5.74) is 2.09. The second kappa shape index (κ2) is 7.47. The zero-order chi connectivity index (χ0) is 17.8. The third-order valence-electron chi connectivity index (χ3n) is 3.56. The van der Waals surface area contributed by atoms with Gasteiger partial charge in [-0.1, -0.05) is 36.0 Å². The average Bonchev–Trinajstić information content (AvgIpc) is 3.24. The number of aromatic nitrogens is 5. The van der Waals surface area contributed by atoms with Gasteiger partial charge < -0.3 is 9.84 Å². The first-order valence-corrected chi connectivity index (χ1v) is 8.73. The van der Waals surface area contributed by atoms with Gasteiger partial charge in [0, 0.05) is 6.07 Å². The van der Waals surface area contributed by atoms with Gasteiger partial charge in [-0.2, -0.15) is 4.68 Å². The van der Waals surface area contributed by atoms with Gasteiger partial charge in [0.15, 0.2) is 5.82 Å². The Bertz CT molecular complexity index is 858. The molecule has 9 heteroatoms. The van der Waals surface area contributed by atoms with Crippen LogP contribution in [-0.2, 0) is 11.2 Å². The van der Waals surface area contributed by atoms with Crippen molar-refractivity contribution < 1.29 is 9.32 Å². The molecule has 0 saturated heterocycles. The normalized spacial score (nSPS) is 12.1. The molecule has 0 bridgehead atoms. The molecule has 0 radical (unpaired) electrons. The van der Waals surface area contributed by atoms with Crippen LogP contribution < -0.4 is 5.32 Å². The van der Waals surface area contributed by atoms with Crippen LogP contribution in [0.4, 0.5) is 5.82 Å². The van der Waals surface area contributed by atoms with Crippen LogP contribution in [0.3, 0.4) is 0 Å². The number of thioether (sulfide) groups is 1. The van der Waals surface area contributed by atoms with E-state index in [1.54, 1.807) is 24.6 Å². The molecule has 1 unspecified atom stereocenters. The van der Waals surface area contributed by atoms with E-state index in [1.807, 2.05) is 24.3 Å². The maximum atomic E-state index is 12.3. The molecule has 3 aromatic rings. The number of rotatable bonds is 6. The molecule has 0 fully saturated rings. The summed E-state index contributed by atoms with van der Waals surface area (Å²) in [5, 5.41) is 18.4. The quantitative estimate of drug-likeness (QED) is 0.676. The largest absolute Gasteiger partial charge is 0.360 e. The van der Waals surface area contributed by atoms with Crippen LogP contribution >= 0.6 is 11.8 Å². The fourth-order valence-corrected chi connectivity index (χ4v) is 2.96. The van der Waals surface area contributed by atoms with Gasteiger partial charge in [-0.15, -0.1) is 5.10 Å². The van der Waals surface area contributed by atoms with Crippen molar-refractivity contribution >= 4 is 23.5 Å². The van der Waals surface area contributed by atoms with Crippen LogP contribution in [-0.4, -0.2) is 36.5 Å². The molecule has 3 rings (SSSR count). The fraction of sp³-hybridized carbons (Fsp3) is 0.312. The first kappa shape index (κ1) is 17.2. The SMILES string of the molecule is CCc1ccc(-n2nnnc2SC(C)C(=O)Nc2cc(C)on2)cc1. The van der Waals surface area contributed by atoms with E-state index < -0.39 is 5.25 Å². The molecule has 130 valence electrons. The number of tetrazole rings is 1. The van der Waals surface area contributed by atoms with Crippen molar-refractivity contribution in [2.45, 2.75) is 37.6 Å². The zero-order valence-electron chi connectivity index (χ0n) is 14.1. The first-order chi connectivity index (χ1) is 12.1. The minimum atomic E-state index is -0.406. The molecule has 1 atom stereocenters. The molecule has 1 aromatic carbocycles. The molecule has 1 amide bonds. The Morgan fingerprint density at radius 1 is 1.36 bits per heavy atom. The summed E-state index contributed by atoms with van der Waals surface area (Å²) in [7, 11) is 0. The lowest BCUT2D eigenvalue weighted by Crippen LogP contribution is -2.23. The lowest BCUT2D eigenvalue weighted by atomic mass is 10.1. The van der Waals surface area contributed by atoms with Crippen molar-refractivity contribution in [3.8, 4) is 5.69 Å². The first-order valence-electron chi connectivity index (χ1n) is 7.85. The molecule has 25 heavy (non-hydrogen) atoms. The summed E-state index contributed by atoms with van der Waals surface area (Å²) in [5.74, 6) is 0.828. The smallest absolute Gasteiger partial charge is 0.238 e. The highest BCUT2D eigenvalue weighted by Gasteiger charge is 2.20. The fourth-order valence-electron chi connectivity index (χ4n) is 2.15. The maximum absolute atomic E-state index is 12.3. The van der Waals surface area contributed by atoms with E-state index in [0.717, 1.165) is 12.1 Å². The van der Waals surface area contributed by atoms with Crippen molar-refractivity contribution in [3.63, 3.8) is 0 Å². The molecular formula is C16H18N6O2S. The lowest BCUT2D eigenvalue weighted by molar-refractivity contribution is -0.115. The summed E-state index contributed by atoms with van der Waals surface area (Å²) < 4.78 is 6.56. The van der Waals surface area contributed by atoms with E-state index >= 15 is 0 Å². The monoisotopic (exact) mass is 358 g/mol. The summed E-state index contributed by atoms with van der Waals surface area (Å²) in [6, 6.07) is 9.65. The molecule has 0 aliphatic rings. The Labute approximate surface area is 149 Å². The van der Waals surface area contributed by atoms with Gasteiger partial charge in [0.1, 0.15) is 5.76 Å². The number of hydrogen-bond acceptors (Lipinski definition) is 7. The van der Waals surface area contributed by atoms with Crippen LogP contribution in [0.25, 0.3) is 5.69 Å². The average molecular weight is 358 g/mol. The van der Waals surface area contributed by atoms with Gasteiger partial charge in [0.05, 0.1) is 10.9 Å². The zero-order valence-corrected chi connectivity index (χ0v) is 14.9. The number of nitrogens with one attached hydrogen (secondary N) is 1. The van der Waals surface area contributed by atoms with E-state index in [1.165, 1.54) is 17.3 Å². The number of amides is 1. The second-order valence-corrected chi connectivity index (χ2v) is 6.77. The number of nitrogens with zero attached hydrogens (tertiary/aromatic N) is 5. The molecule has 0 saturated carbocycles. The van der Waals surface area contributed by atoms with Crippen LogP contribution in [0.5, 0.6) is 0 Å². The third kappa shape index (κ3) is 4.05. The van der Waals surface area contributed by atoms with E-state index in [9.17, 15) is 4.79 Å². The van der Waals surface area contributed by atoms with E-state index in [2.05, 4.69) is 32.9 Å². The van der Waals surface area contributed by atoms with Gasteiger partial charge in [-0.3, -0.25) is 4.79 Å². The van der Waals surface area contributed by atoms with Crippen LogP contribution in [0.1, 0.15) is 25.2 Å². The van der Waals surface area contributed by atoms with Crippen molar-refractivity contribution in [1.29, 1.82) is 0 Å². The molecule has 8 nitrogen and oxygen atoms in total. The third-order valence-corrected chi connectivity index (χ3v) is 4.59. The Kier molecular flexibility index (Phi) is 5.13. The van der Waals surface area contributed by atoms with Gasteiger partial charge in [0.25, 0.3) is 0 Å². The summed E-state index contributed by atoms with van der Waals surface area (Å²) in [6.45, 7) is 5.65. The number of aryl methyl sites for hydroxylation is 2. The summed E-state index contributed by atoms with van der Waals surface area (Å²) >= 11 is 1.27. The Morgan fingerprint density at radius 3 is 2.76 bits per heavy atom. The number of hydrogen-bond donors (Lipinski definition) is 1. The molecule has 0 aliphatic heterocycles. The maximum Gasteiger partial charge on any atom is 0.238 e. The predicted molar refractivity (Wildman–Crippen MR) is 93.7 cm³/mol. The van der Waals surface area contributed by atoms with Crippen LogP contribution in [0.2, 0.25) is 0 Å². The topological polar surface area (TPSA) is 98.7 Å². The lowest BCUT2D eigenvalue weighted by Gasteiger charge is -2.10. The van der Waals surface area contributed by atoms with Crippen molar-refractivity contribution in [3.05, 3.63) is 41.7 Å². The molecule has 0 aliphatic carbocycles. The Balaban J connectivity index is 1.70. The minimum absolute atomic E-state index is 0.200. The van der Waals surface area contributed by atoms with Crippen molar-refractivity contribution in [1.82, 2.24) is 25.4 Å². The number of carbonyl (C=O) groups excluding carboxylic acids is 1. The van der Waals surface area contributed by atoms with E-state index in [0.29, 0.717) is 16.7 Å². The van der Waals surface area contributed by atoms with Gasteiger partial charge in [-0.05, 0) is 48.4 Å². The number of benzene rings is 1. The van der Waals surface area contributed by atoms with Gasteiger partial charge >= 0.3 is 0 Å². The molecule has 0 spiro atoms. The molecular weight excluding hydrogens is 340 g/mol. The minimum Gasteiger partial charge on any atom is -0.360 e. The standard InChI is InChI=1S/C16H18N6O2S/c1-4-12-5-7-13(8-6-12)22-16(18-20-21-22)25-11(3)15(23)17-14-9-10(2)24-19-14/h5-9,11H,4H2,1-3H3,(H,17,19,23). The second-order valence-electron chi connectivity index (χ2n) is 5.47. The highest BCUT2D eigenvalue weighted by atomic mass is 32.2. The Morgan fingerprint density at radius 2 is 2.12 bits per heavy atom. The van der Waals surface area contributed by atoms with E-state index in [4.69, 9.17) is 4.52 Å². The Hall–Kier alpha value is -2.68. The van der Waals surface area contributed by atoms with Crippen molar-refractivity contribution in [2.75, 3.05) is 5.32 Å². The number of carbonyl (C=O) groups is 1. The summed E-state index contributed by atoms with van der Waals surface area (Å²) in [4.78, 5) is 12.3. The molecule has 2 heterocycles. The van der Waals surface area contributed by atoms with Crippen LogP contribution in [0, 0.1) is 6.92 Å². The predicted octanol–water partition coefficient (Wildman–Crippen LogP) is 2.64. The highest BCUT2D eigenvalue weighted by Crippen LogP contribution is 2.24.